The fraction of sp³-hybridized carbons (Fsp3) is 0.273. The molecule has 0 aliphatic heterocycles. The Balaban J connectivity index is 2.82. The Bertz CT molecular complexity index is 459. The fourth-order valence-electron chi connectivity index (χ4n) is 1.06. The minimum absolute atomic E-state index is 0.00347. The molecule has 0 heterocycles. The van der Waals surface area contributed by atoms with Gasteiger partial charge in [-0.15, -0.1) is 0 Å². The van der Waals surface area contributed by atoms with Crippen LogP contribution in [0.15, 0.2) is 22.7 Å². The van der Waals surface area contributed by atoms with Crippen LogP contribution in [0.1, 0.15) is 12.5 Å². The topological polar surface area (TPSA) is 59.3 Å². The number of hydrogen-bond donors (Lipinski definition) is 0. The Kier molecular flexibility index (Phi) is 4.91. The number of esters is 1. The SMILES string of the molecule is CCOC(=O)C(F)Oc1ccc(Br)cc1C#N. The van der Waals surface area contributed by atoms with E-state index in [2.05, 4.69) is 20.7 Å². The van der Waals surface area contributed by atoms with Crippen LogP contribution in [0.4, 0.5) is 4.39 Å². The molecule has 17 heavy (non-hydrogen) atoms. The molecule has 0 bridgehead atoms. The van der Waals surface area contributed by atoms with E-state index in [0.29, 0.717) is 4.47 Å². The van der Waals surface area contributed by atoms with Crippen molar-refractivity contribution in [2.75, 3.05) is 6.61 Å². The Morgan fingerprint density at radius 1 is 1.65 bits per heavy atom. The Morgan fingerprint density at radius 2 is 2.35 bits per heavy atom. The Morgan fingerprint density at radius 3 is 2.94 bits per heavy atom. The van der Waals surface area contributed by atoms with Gasteiger partial charge < -0.3 is 9.47 Å². The zero-order chi connectivity index (χ0) is 12.8. The quantitative estimate of drug-likeness (QED) is 0.802. The van der Waals surface area contributed by atoms with Crippen LogP contribution < -0.4 is 4.74 Å². The monoisotopic (exact) mass is 301 g/mol. The smallest absolute Gasteiger partial charge is 0.381 e. The lowest BCUT2D eigenvalue weighted by Crippen LogP contribution is -2.25. The van der Waals surface area contributed by atoms with Crippen molar-refractivity contribution < 1.29 is 18.7 Å². The number of nitriles is 1. The number of ether oxygens (including phenoxy) is 2. The van der Waals surface area contributed by atoms with Gasteiger partial charge in [-0.3, -0.25) is 0 Å². The minimum atomic E-state index is -2.23. The third kappa shape index (κ3) is 3.71. The average molecular weight is 302 g/mol. The van der Waals surface area contributed by atoms with E-state index in [0.717, 1.165) is 0 Å². The van der Waals surface area contributed by atoms with Gasteiger partial charge in [0.25, 0.3) is 0 Å². The lowest BCUT2D eigenvalue weighted by atomic mass is 10.2. The van der Waals surface area contributed by atoms with E-state index < -0.39 is 12.3 Å². The summed E-state index contributed by atoms with van der Waals surface area (Å²) in [5.41, 5.74) is 0.131. The number of rotatable bonds is 4. The van der Waals surface area contributed by atoms with E-state index in [4.69, 9.17) is 10.00 Å². The Labute approximate surface area is 106 Å². The molecular weight excluding hydrogens is 293 g/mol. The van der Waals surface area contributed by atoms with Crippen molar-refractivity contribution in [2.24, 2.45) is 0 Å². The van der Waals surface area contributed by atoms with Crippen molar-refractivity contribution in [1.82, 2.24) is 0 Å². The van der Waals surface area contributed by atoms with Gasteiger partial charge in [0.2, 0.25) is 0 Å². The first-order valence-electron chi connectivity index (χ1n) is 4.75. The van der Waals surface area contributed by atoms with E-state index in [9.17, 15) is 9.18 Å². The molecule has 0 aliphatic carbocycles. The summed E-state index contributed by atoms with van der Waals surface area (Å²) in [5, 5.41) is 8.81. The van der Waals surface area contributed by atoms with Crippen LogP contribution in [0.25, 0.3) is 0 Å². The van der Waals surface area contributed by atoms with Crippen LogP contribution in [0.5, 0.6) is 5.75 Å². The number of benzene rings is 1. The van der Waals surface area contributed by atoms with E-state index in [1.165, 1.54) is 12.1 Å². The van der Waals surface area contributed by atoms with Gasteiger partial charge in [0.1, 0.15) is 11.8 Å². The van der Waals surface area contributed by atoms with Crippen LogP contribution in [-0.4, -0.2) is 18.9 Å². The fourth-order valence-corrected chi connectivity index (χ4v) is 1.42. The Hall–Kier alpha value is -1.61. The van der Waals surface area contributed by atoms with Crippen molar-refractivity contribution >= 4 is 21.9 Å². The molecule has 1 aromatic carbocycles. The maximum Gasteiger partial charge on any atom is 0.381 e. The normalized spacial score (nSPS) is 11.4. The first-order chi connectivity index (χ1) is 8.08. The van der Waals surface area contributed by atoms with Gasteiger partial charge in [0, 0.05) is 4.47 Å². The second kappa shape index (κ2) is 6.21. The lowest BCUT2D eigenvalue weighted by molar-refractivity contribution is -0.159. The van der Waals surface area contributed by atoms with E-state index in [1.54, 1.807) is 13.0 Å². The zero-order valence-electron chi connectivity index (χ0n) is 8.94. The molecule has 0 saturated heterocycles. The van der Waals surface area contributed by atoms with Gasteiger partial charge in [0.05, 0.1) is 12.2 Å². The molecule has 1 unspecified atom stereocenters. The lowest BCUT2D eigenvalue weighted by Gasteiger charge is -2.11. The molecule has 1 rings (SSSR count). The zero-order valence-corrected chi connectivity index (χ0v) is 10.5. The molecule has 4 nitrogen and oxygen atoms in total. The van der Waals surface area contributed by atoms with Gasteiger partial charge in [-0.05, 0) is 25.1 Å². The molecule has 1 aromatic rings. The molecule has 0 fully saturated rings. The van der Waals surface area contributed by atoms with E-state index in [-0.39, 0.29) is 17.9 Å². The number of carbonyl (C=O) groups excluding carboxylic acids is 1. The highest BCUT2D eigenvalue weighted by Gasteiger charge is 2.21. The first-order valence-corrected chi connectivity index (χ1v) is 5.54. The van der Waals surface area contributed by atoms with Crippen molar-refractivity contribution in [1.29, 1.82) is 5.26 Å². The van der Waals surface area contributed by atoms with E-state index >= 15 is 0 Å². The van der Waals surface area contributed by atoms with Gasteiger partial charge in [0.15, 0.2) is 0 Å². The van der Waals surface area contributed by atoms with Crippen LogP contribution in [0.2, 0.25) is 0 Å². The van der Waals surface area contributed by atoms with Crippen molar-refractivity contribution in [3.63, 3.8) is 0 Å². The predicted molar refractivity (Wildman–Crippen MR) is 61.0 cm³/mol. The third-order valence-electron chi connectivity index (χ3n) is 1.76. The highest BCUT2D eigenvalue weighted by atomic mass is 79.9. The molecule has 1 atom stereocenters. The number of halogens is 2. The van der Waals surface area contributed by atoms with Gasteiger partial charge >= 0.3 is 12.3 Å². The summed E-state index contributed by atoms with van der Waals surface area (Å²) in [6.07, 6.45) is -2.23. The predicted octanol–water partition coefficient (Wildman–Crippen LogP) is 2.56. The summed E-state index contributed by atoms with van der Waals surface area (Å²) in [7, 11) is 0. The molecule has 6 heteroatoms. The standard InChI is InChI=1S/C11H9BrFNO3/c1-2-16-11(15)10(13)17-9-4-3-8(12)5-7(9)6-14/h3-5,10H,2H2,1H3. The maximum atomic E-state index is 13.3. The van der Waals surface area contributed by atoms with Crippen molar-refractivity contribution in [3.05, 3.63) is 28.2 Å². The first kappa shape index (κ1) is 13.5. The summed E-state index contributed by atoms with van der Waals surface area (Å²) < 4.78 is 23.1. The molecule has 0 aliphatic rings. The molecule has 0 radical (unpaired) electrons. The highest BCUT2D eigenvalue weighted by Crippen LogP contribution is 2.23. The van der Waals surface area contributed by atoms with Crippen LogP contribution in [0.3, 0.4) is 0 Å². The second-order valence-corrected chi connectivity index (χ2v) is 3.85. The van der Waals surface area contributed by atoms with Gasteiger partial charge in [-0.25, -0.2) is 4.79 Å². The summed E-state index contributed by atoms with van der Waals surface area (Å²) in [6, 6.07) is 6.28. The second-order valence-electron chi connectivity index (χ2n) is 2.94. The van der Waals surface area contributed by atoms with Crippen molar-refractivity contribution in [2.45, 2.75) is 13.3 Å². The highest BCUT2D eigenvalue weighted by molar-refractivity contribution is 9.10. The minimum Gasteiger partial charge on any atom is -0.461 e. The van der Waals surface area contributed by atoms with Crippen LogP contribution in [0, 0.1) is 11.3 Å². The number of hydrogen-bond acceptors (Lipinski definition) is 4. The van der Waals surface area contributed by atoms with Gasteiger partial charge in [-0.2, -0.15) is 9.65 Å². The summed E-state index contributed by atoms with van der Waals surface area (Å²) in [4.78, 5) is 11.0. The summed E-state index contributed by atoms with van der Waals surface area (Å²) in [6.45, 7) is 1.62. The average Bonchev–Trinajstić information content (AvgIpc) is 2.31. The molecule has 90 valence electrons. The number of alkyl halides is 1. The summed E-state index contributed by atoms with van der Waals surface area (Å²) >= 11 is 3.17. The number of carbonyl (C=O) groups is 1. The summed E-state index contributed by atoms with van der Waals surface area (Å²) in [5.74, 6) is -1.12. The molecule has 0 spiro atoms. The molecule has 0 amide bonds. The van der Waals surface area contributed by atoms with Crippen molar-refractivity contribution in [3.8, 4) is 11.8 Å². The molecule has 0 aromatic heterocycles. The largest absolute Gasteiger partial charge is 0.461 e. The molecular formula is C11H9BrFNO3. The molecule has 0 saturated carbocycles. The third-order valence-corrected chi connectivity index (χ3v) is 2.26. The van der Waals surface area contributed by atoms with E-state index in [1.807, 2.05) is 6.07 Å². The number of nitrogens with zero attached hydrogens (tertiary/aromatic N) is 1. The van der Waals surface area contributed by atoms with Crippen LogP contribution >= 0.6 is 15.9 Å². The van der Waals surface area contributed by atoms with Gasteiger partial charge in [-0.1, -0.05) is 15.9 Å². The molecule has 0 N–H and O–H groups in total. The van der Waals surface area contributed by atoms with Crippen LogP contribution in [-0.2, 0) is 9.53 Å². The maximum absolute atomic E-state index is 13.3.